The van der Waals surface area contributed by atoms with Crippen molar-refractivity contribution in [2.75, 3.05) is 7.11 Å². The van der Waals surface area contributed by atoms with Gasteiger partial charge in [0.1, 0.15) is 0 Å². The van der Waals surface area contributed by atoms with E-state index in [-0.39, 0.29) is 28.3 Å². The lowest BCUT2D eigenvalue weighted by molar-refractivity contribution is -0.385. The highest BCUT2D eigenvalue weighted by atomic mass is 35.5. The molecule has 1 aromatic rings. The van der Waals surface area contributed by atoms with E-state index in [1.165, 1.54) is 7.11 Å². The molecule has 0 aliphatic rings. The average molecular weight is 258 g/mol. The van der Waals surface area contributed by atoms with E-state index in [1.54, 1.807) is 0 Å². The van der Waals surface area contributed by atoms with Crippen molar-refractivity contribution in [3.05, 3.63) is 38.4 Å². The molecule has 0 amide bonds. The topological polar surface area (TPSA) is 86.5 Å². The van der Waals surface area contributed by atoms with Crippen molar-refractivity contribution in [1.82, 2.24) is 0 Å². The van der Waals surface area contributed by atoms with Crippen LogP contribution in [0.4, 0.5) is 5.69 Å². The maximum atomic E-state index is 11.0. The molecule has 17 heavy (non-hydrogen) atoms. The lowest BCUT2D eigenvalue weighted by atomic mass is 10.1. The van der Waals surface area contributed by atoms with Gasteiger partial charge in [-0.1, -0.05) is 11.6 Å². The van der Waals surface area contributed by atoms with Gasteiger partial charge in [-0.2, -0.15) is 0 Å². The van der Waals surface area contributed by atoms with Crippen LogP contribution in [0.1, 0.15) is 15.9 Å². The number of rotatable bonds is 4. The van der Waals surface area contributed by atoms with Gasteiger partial charge in [-0.3, -0.25) is 19.7 Å². The maximum Gasteiger partial charge on any atom is 0.310 e. The molecule has 1 rings (SSSR count). The van der Waals surface area contributed by atoms with E-state index < -0.39 is 10.9 Å². The first-order valence-corrected chi connectivity index (χ1v) is 4.86. The van der Waals surface area contributed by atoms with E-state index in [4.69, 9.17) is 11.6 Å². The summed E-state index contributed by atoms with van der Waals surface area (Å²) >= 11 is 5.80. The zero-order valence-corrected chi connectivity index (χ0v) is 9.56. The quantitative estimate of drug-likeness (QED) is 0.355. The maximum absolute atomic E-state index is 11.0. The van der Waals surface area contributed by atoms with Crippen LogP contribution in [-0.4, -0.2) is 24.3 Å². The predicted molar refractivity (Wildman–Crippen MR) is 59.2 cm³/mol. The van der Waals surface area contributed by atoms with Crippen molar-refractivity contribution in [1.29, 1.82) is 0 Å². The summed E-state index contributed by atoms with van der Waals surface area (Å²) in [5.74, 6) is -0.569. The number of carbonyl (C=O) groups excluding carboxylic acids is 2. The Kier molecular flexibility index (Phi) is 4.17. The van der Waals surface area contributed by atoms with Gasteiger partial charge < -0.3 is 4.74 Å². The molecule has 0 bridgehead atoms. The lowest BCUT2D eigenvalue weighted by Crippen LogP contribution is -2.06. The van der Waals surface area contributed by atoms with Gasteiger partial charge in [-0.25, -0.2) is 0 Å². The van der Waals surface area contributed by atoms with Crippen molar-refractivity contribution in [3.63, 3.8) is 0 Å². The van der Waals surface area contributed by atoms with Crippen LogP contribution in [0.5, 0.6) is 0 Å². The predicted octanol–water partition coefficient (Wildman–Crippen LogP) is 1.78. The molecule has 1 aromatic carbocycles. The Morgan fingerprint density at radius 2 is 2.24 bits per heavy atom. The van der Waals surface area contributed by atoms with Crippen LogP contribution in [0.15, 0.2) is 12.1 Å². The highest BCUT2D eigenvalue weighted by molar-refractivity contribution is 6.32. The summed E-state index contributed by atoms with van der Waals surface area (Å²) in [6.07, 6.45) is 0.154. The summed E-state index contributed by atoms with van der Waals surface area (Å²) in [5, 5.41) is 10.8. The minimum Gasteiger partial charge on any atom is -0.469 e. The summed E-state index contributed by atoms with van der Waals surface area (Å²) in [5.41, 5.74) is -0.271. The van der Waals surface area contributed by atoms with Gasteiger partial charge in [0.2, 0.25) is 0 Å². The minimum atomic E-state index is -0.707. The molecule has 0 aliphatic carbocycles. The third-order valence-electron chi connectivity index (χ3n) is 2.08. The Balaban J connectivity index is 3.24. The summed E-state index contributed by atoms with van der Waals surface area (Å²) in [6, 6.07) is 2.26. The smallest absolute Gasteiger partial charge is 0.310 e. The van der Waals surface area contributed by atoms with Crippen molar-refractivity contribution in [2.24, 2.45) is 0 Å². The Bertz CT molecular complexity index is 486. The molecule has 0 fully saturated rings. The number of hydrogen-bond acceptors (Lipinski definition) is 5. The van der Waals surface area contributed by atoms with Gasteiger partial charge in [0.05, 0.1) is 24.0 Å². The van der Waals surface area contributed by atoms with Crippen LogP contribution in [-0.2, 0) is 16.0 Å². The van der Waals surface area contributed by atoms with Gasteiger partial charge in [0.15, 0.2) is 6.29 Å². The number of esters is 1. The normalized spacial score (nSPS) is 9.76. The molecule has 0 saturated heterocycles. The van der Waals surface area contributed by atoms with Crippen LogP contribution >= 0.6 is 11.6 Å². The van der Waals surface area contributed by atoms with Gasteiger partial charge >= 0.3 is 5.97 Å². The number of aldehydes is 1. The molecule has 0 saturated carbocycles. The van der Waals surface area contributed by atoms with Crippen molar-refractivity contribution >= 4 is 29.5 Å². The zero-order chi connectivity index (χ0) is 13.0. The molecule has 0 unspecified atom stereocenters. The molecule has 0 aromatic heterocycles. The summed E-state index contributed by atoms with van der Waals surface area (Å²) < 4.78 is 4.43. The van der Waals surface area contributed by atoms with Gasteiger partial charge in [0, 0.05) is 11.1 Å². The molecule has 0 heterocycles. The summed E-state index contributed by atoms with van der Waals surface area (Å²) in [6.45, 7) is 0. The Labute approximate surface area is 101 Å². The van der Waals surface area contributed by atoms with Crippen LogP contribution in [0.3, 0.4) is 0 Å². The van der Waals surface area contributed by atoms with Crippen LogP contribution in [0.2, 0.25) is 5.02 Å². The van der Waals surface area contributed by atoms with Gasteiger partial charge in [-0.15, -0.1) is 0 Å². The number of benzene rings is 1. The van der Waals surface area contributed by atoms with E-state index in [2.05, 4.69) is 4.74 Å². The Morgan fingerprint density at radius 1 is 1.59 bits per heavy atom. The number of nitrogens with zero attached hydrogens (tertiary/aromatic N) is 1. The first-order valence-electron chi connectivity index (χ1n) is 4.48. The Hall–Kier alpha value is -1.95. The number of nitro groups is 1. The van der Waals surface area contributed by atoms with E-state index in [0.29, 0.717) is 6.29 Å². The molecule has 0 N–H and O–H groups in total. The second kappa shape index (κ2) is 5.40. The summed E-state index contributed by atoms with van der Waals surface area (Å²) in [7, 11) is 1.20. The number of hydrogen-bond donors (Lipinski definition) is 0. The Morgan fingerprint density at radius 3 is 2.71 bits per heavy atom. The van der Waals surface area contributed by atoms with Crippen LogP contribution in [0, 0.1) is 10.1 Å². The van der Waals surface area contributed by atoms with Crippen molar-refractivity contribution in [2.45, 2.75) is 6.42 Å². The molecule has 0 atom stereocenters. The first-order chi connectivity index (χ1) is 7.99. The number of methoxy groups -OCH3 is 1. The second-order valence-corrected chi connectivity index (χ2v) is 3.54. The molecule has 7 heteroatoms. The monoisotopic (exact) mass is 257 g/mol. The highest BCUT2D eigenvalue weighted by Crippen LogP contribution is 2.26. The minimum absolute atomic E-state index is 0.114. The fraction of sp³-hybridized carbons (Fsp3) is 0.200. The van der Waals surface area contributed by atoms with Crippen molar-refractivity contribution in [3.8, 4) is 0 Å². The zero-order valence-electron chi connectivity index (χ0n) is 8.81. The summed E-state index contributed by atoms with van der Waals surface area (Å²) in [4.78, 5) is 31.6. The molecule has 0 aliphatic heterocycles. The first kappa shape index (κ1) is 13.1. The largest absolute Gasteiger partial charge is 0.469 e. The SMILES string of the molecule is COC(=O)Cc1cc([N+](=O)[O-])c(C=O)cc1Cl. The third-order valence-corrected chi connectivity index (χ3v) is 2.43. The molecule has 0 spiro atoms. The third kappa shape index (κ3) is 3.01. The lowest BCUT2D eigenvalue weighted by Gasteiger charge is -2.04. The molecular weight excluding hydrogens is 250 g/mol. The van der Waals surface area contributed by atoms with Gasteiger partial charge in [0.25, 0.3) is 5.69 Å². The fourth-order valence-electron chi connectivity index (χ4n) is 1.24. The molecule has 6 nitrogen and oxygen atoms in total. The van der Waals surface area contributed by atoms with Crippen LogP contribution in [0.25, 0.3) is 0 Å². The van der Waals surface area contributed by atoms with Gasteiger partial charge in [-0.05, 0) is 11.6 Å². The molecule has 0 radical (unpaired) electrons. The number of halogens is 1. The van der Waals surface area contributed by atoms with Crippen LogP contribution < -0.4 is 0 Å². The average Bonchev–Trinajstić information content (AvgIpc) is 2.30. The highest BCUT2D eigenvalue weighted by Gasteiger charge is 2.18. The van der Waals surface area contributed by atoms with E-state index in [1.807, 2.05) is 0 Å². The molecular formula is C10H8ClNO5. The number of carbonyl (C=O) groups is 2. The van der Waals surface area contributed by atoms with E-state index in [9.17, 15) is 19.7 Å². The van der Waals surface area contributed by atoms with E-state index >= 15 is 0 Å². The standard InChI is InChI=1S/C10H8ClNO5/c1-17-10(14)4-6-3-9(12(15)16)7(5-13)2-8(6)11/h2-3,5H,4H2,1H3. The fourth-order valence-corrected chi connectivity index (χ4v) is 1.48. The van der Waals surface area contributed by atoms with E-state index in [0.717, 1.165) is 12.1 Å². The number of nitro benzene ring substituents is 1. The van der Waals surface area contributed by atoms with Crippen molar-refractivity contribution < 1.29 is 19.2 Å². The molecule has 90 valence electrons. The number of ether oxygens (including phenoxy) is 1. The second-order valence-electron chi connectivity index (χ2n) is 3.13.